The number of carbonyl (C=O) groups excluding carboxylic acids is 1. The summed E-state index contributed by atoms with van der Waals surface area (Å²) in [6.07, 6.45) is 1.94. The first-order valence-electron chi connectivity index (χ1n) is 6.31. The first kappa shape index (κ1) is 13.5. The summed E-state index contributed by atoms with van der Waals surface area (Å²) in [5.74, 6) is 0. The van der Waals surface area contributed by atoms with Gasteiger partial charge < -0.3 is 9.64 Å². The third-order valence-electron chi connectivity index (χ3n) is 2.95. The Balaban J connectivity index is 2.28. The van der Waals surface area contributed by atoms with Crippen molar-refractivity contribution in [3.05, 3.63) is 10.6 Å². The van der Waals surface area contributed by atoms with Crippen LogP contribution in [0.25, 0.3) is 0 Å². The molecule has 0 aromatic carbocycles. The van der Waals surface area contributed by atoms with Crippen LogP contribution >= 0.6 is 11.3 Å². The number of rotatable bonds is 2. The molecular formula is C13H20N2O2S. The molecule has 0 amide bonds. The van der Waals surface area contributed by atoms with Crippen LogP contribution in [0.15, 0.2) is 0 Å². The van der Waals surface area contributed by atoms with Gasteiger partial charge in [0, 0.05) is 25.1 Å². The summed E-state index contributed by atoms with van der Waals surface area (Å²) in [5.41, 5.74) is 0.815. The lowest BCUT2D eigenvalue weighted by Crippen LogP contribution is -2.26. The Labute approximate surface area is 112 Å². The highest BCUT2D eigenvalue weighted by Crippen LogP contribution is 2.33. The summed E-state index contributed by atoms with van der Waals surface area (Å²) in [6.45, 7) is 9.62. The second-order valence-corrected chi connectivity index (χ2v) is 6.54. The van der Waals surface area contributed by atoms with Crippen LogP contribution in [0.2, 0.25) is 0 Å². The van der Waals surface area contributed by atoms with Gasteiger partial charge in [-0.25, -0.2) is 4.98 Å². The molecule has 0 spiro atoms. The molecule has 1 fully saturated rings. The maximum atomic E-state index is 11.2. The molecule has 0 N–H and O–H groups in total. The number of hydrogen-bond acceptors (Lipinski definition) is 5. The van der Waals surface area contributed by atoms with E-state index in [0.717, 1.165) is 54.7 Å². The second-order valence-electron chi connectivity index (χ2n) is 5.53. The minimum absolute atomic E-state index is 0.0899. The first-order valence-corrected chi connectivity index (χ1v) is 7.13. The van der Waals surface area contributed by atoms with Crippen molar-refractivity contribution in [2.75, 3.05) is 31.2 Å². The summed E-state index contributed by atoms with van der Waals surface area (Å²) in [4.78, 5) is 18.8. The van der Waals surface area contributed by atoms with Gasteiger partial charge in [0.25, 0.3) is 0 Å². The number of hydrogen-bond donors (Lipinski definition) is 0. The molecule has 0 saturated carbocycles. The lowest BCUT2D eigenvalue weighted by Gasteiger charge is -2.19. The van der Waals surface area contributed by atoms with Crippen LogP contribution in [-0.2, 0) is 10.2 Å². The summed E-state index contributed by atoms with van der Waals surface area (Å²) in [6, 6.07) is 0. The van der Waals surface area contributed by atoms with Crippen molar-refractivity contribution in [3.63, 3.8) is 0 Å². The molecule has 0 atom stereocenters. The zero-order valence-electron chi connectivity index (χ0n) is 11.2. The van der Waals surface area contributed by atoms with E-state index in [2.05, 4.69) is 30.7 Å². The number of aromatic nitrogens is 1. The van der Waals surface area contributed by atoms with Gasteiger partial charge in [0.05, 0.1) is 17.2 Å². The highest BCUT2D eigenvalue weighted by molar-refractivity contribution is 7.17. The smallest absolute Gasteiger partial charge is 0.186 e. The number of aldehydes is 1. The van der Waals surface area contributed by atoms with Crippen LogP contribution in [0, 0.1) is 0 Å². The van der Waals surface area contributed by atoms with Gasteiger partial charge in [-0.05, 0) is 6.42 Å². The molecule has 100 valence electrons. The maximum absolute atomic E-state index is 11.2. The molecule has 4 nitrogen and oxygen atoms in total. The largest absolute Gasteiger partial charge is 0.380 e. The van der Waals surface area contributed by atoms with Crippen LogP contribution in [0.4, 0.5) is 5.13 Å². The molecule has 2 heterocycles. The minimum atomic E-state index is -0.0899. The van der Waals surface area contributed by atoms with Gasteiger partial charge in [-0.1, -0.05) is 32.1 Å². The van der Waals surface area contributed by atoms with E-state index in [1.165, 1.54) is 11.3 Å². The minimum Gasteiger partial charge on any atom is -0.380 e. The van der Waals surface area contributed by atoms with Crippen LogP contribution in [0.5, 0.6) is 0 Å². The number of anilines is 1. The Bertz CT molecular complexity index is 415. The highest BCUT2D eigenvalue weighted by Gasteiger charge is 2.25. The monoisotopic (exact) mass is 268 g/mol. The van der Waals surface area contributed by atoms with Gasteiger partial charge in [-0.3, -0.25) is 4.79 Å². The zero-order chi connectivity index (χ0) is 13.2. The van der Waals surface area contributed by atoms with E-state index >= 15 is 0 Å². The van der Waals surface area contributed by atoms with E-state index < -0.39 is 0 Å². The zero-order valence-corrected chi connectivity index (χ0v) is 12.0. The SMILES string of the molecule is CC(C)(C)c1nc(N2CCCOCC2)sc1C=O. The number of carbonyl (C=O) groups is 1. The molecule has 2 rings (SSSR count). The Kier molecular flexibility index (Phi) is 4.02. The molecule has 0 aliphatic carbocycles. The number of ether oxygens (including phenoxy) is 1. The van der Waals surface area contributed by atoms with Gasteiger partial charge in [0.2, 0.25) is 0 Å². The van der Waals surface area contributed by atoms with Crippen LogP contribution in [0.3, 0.4) is 0 Å². The lowest BCUT2D eigenvalue weighted by molar-refractivity contribution is 0.112. The third kappa shape index (κ3) is 2.90. The van der Waals surface area contributed by atoms with Crippen LogP contribution in [-0.4, -0.2) is 37.6 Å². The second kappa shape index (κ2) is 5.36. The predicted molar refractivity (Wildman–Crippen MR) is 73.9 cm³/mol. The summed E-state index contributed by atoms with van der Waals surface area (Å²) in [7, 11) is 0. The standard InChI is InChI=1S/C13H20N2O2S/c1-13(2,3)11-10(9-16)18-12(14-11)15-5-4-7-17-8-6-15/h9H,4-8H2,1-3H3. The predicted octanol–water partition coefficient (Wildman–Crippen LogP) is 2.48. The van der Waals surface area contributed by atoms with E-state index in [0.29, 0.717) is 0 Å². The van der Waals surface area contributed by atoms with E-state index in [1.54, 1.807) is 0 Å². The van der Waals surface area contributed by atoms with Crippen molar-refractivity contribution in [2.45, 2.75) is 32.6 Å². The van der Waals surface area contributed by atoms with E-state index in [9.17, 15) is 4.79 Å². The van der Waals surface area contributed by atoms with Gasteiger partial charge >= 0.3 is 0 Å². The molecule has 0 radical (unpaired) electrons. The van der Waals surface area contributed by atoms with Crippen molar-refractivity contribution in [1.29, 1.82) is 0 Å². The maximum Gasteiger partial charge on any atom is 0.186 e. The molecular weight excluding hydrogens is 248 g/mol. The number of thiazole rings is 1. The summed E-state index contributed by atoms with van der Waals surface area (Å²) < 4.78 is 5.44. The molecule has 0 unspecified atom stereocenters. The van der Waals surface area contributed by atoms with Gasteiger partial charge in [0.1, 0.15) is 0 Å². The fraction of sp³-hybridized carbons (Fsp3) is 0.692. The van der Waals surface area contributed by atoms with Crippen molar-refractivity contribution in [1.82, 2.24) is 4.98 Å². The molecule has 1 aliphatic rings. The molecule has 1 aliphatic heterocycles. The lowest BCUT2D eigenvalue weighted by atomic mass is 9.91. The fourth-order valence-corrected chi connectivity index (χ4v) is 3.15. The van der Waals surface area contributed by atoms with Gasteiger partial charge in [0.15, 0.2) is 11.4 Å². The highest BCUT2D eigenvalue weighted by atomic mass is 32.1. The average molecular weight is 268 g/mol. The van der Waals surface area contributed by atoms with Gasteiger partial charge in [-0.15, -0.1) is 0 Å². The summed E-state index contributed by atoms with van der Waals surface area (Å²) >= 11 is 1.49. The normalized spacial score (nSPS) is 17.6. The third-order valence-corrected chi connectivity index (χ3v) is 3.99. The van der Waals surface area contributed by atoms with Crippen molar-refractivity contribution in [3.8, 4) is 0 Å². The topological polar surface area (TPSA) is 42.4 Å². The van der Waals surface area contributed by atoms with Crippen molar-refractivity contribution in [2.24, 2.45) is 0 Å². The summed E-state index contributed by atoms with van der Waals surface area (Å²) in [5, 5.41) is 0.951. The van der Waals surface area contributed by atoms with Crippen molar-refractivity contribution < 1.29 is 9.53 Å². The molecule has 1 aromatic heterocycles. The number of nitrogens with zero attached hydrogens (tertiary/aromatic N) is 2. The Hall–Kier alpha value is -0.940. The molecule has 0 bridgehead atoms. The van der Waals surface area contributed by atoms with Gasteiger partial charge in [-0.2, -0.15) is 0 Å². The van der Waals surface area contributed by atoms with Crippen molar-refractivity contribution >= 4 is 22.8 Å². The average Bonchev–Trinajstić information content (AvgIpc) is 2.57. The van der Waals surface area contributed by atoms with E-state index in [4.69, 9.17) is 4.74 Å². The van der Waals surface area contributed by atoms with Crippen LogP contribution in [0.1, 0.15) is 42.6 Å². The van der Waals surface area contributed by atoms with E-state index in [1.807, 2.05) is 0 Å². The molecule has 18 heavy (non-hydrogen) atoms. The quantitative estimate of drug-likeness (QED) is 0.773. The Morgan fingerprint density at radius 3 is 2.72 bits per heavy atom. The van der Waals surface area contributed by atoms with E-state index in [-0.39, 0.29) is 5.41 Å². The molecule has 5 heteroatoms. The fourth-order valence-electron chi connectivity index (χ4n) is 2.01. The molecule has 1 saturated heterocycles. The Morgan fingerprint density at radius 2 is 2.11 bits per heavy atom. The Morgan fingerprint density at radius 1 is 1.33 bits per heavy atom. The molecule has 1 aromatic rings. The first-order chi connectivity index (χ1) is 8.52. The van der Waals surface area contributed by atoms with Crippen LogP contribution < -0.4 is 4.90 Å².